The molecular formula is C52H33NO2. The summed E-state index contributed by atoms with van der Waals surface area (Å²) >= 11 is 0. The summed E-state index contributed by atoms with van der Waals surface area (Å²) in [5.41, 5.74) is 13.7. The number of anilines is 3. The fourth-order valence-corrected chi connectivity index (χ4v) is 8.23. The van der Waals surface area contributed by atoms with Gasteiger partial charge in [-0.25, -0.2) is 0 Å². The minimum absolute atomic E-state index is 0.900. The van der Waals surface area contributed by atoms with Gasteiger partial charge < -0.3 is 13.7 Å². The van der Waals surface area contributed by atoms with Crippen LogP contribution in [0.25, 0.3) is 88.0 Å². The lowest BCUT2D eigenvalue weighted by atomic mass is 9.95. The molecular weight excluding hydrogens is 671 g/mol. The van der Waals surface area contributed by atoms with E-state index in [0.29, 0.717) is 0 Å². The van der Waals surface area contributed by atoms with Crippen LogP contribution in [0.3, 0.4) is 0 Å². The maximum absolute atomic E-state index is 6.83. The number of nitrogens with zero attached hydrogens (tertiary/aromatic N) is 1. The second kappa shape index (κ2) is 12.6. The molecule has 0 spiro atoms. The molecule has 0 unspecified atom stereocenters. The van der Waals surface area contributed by atoms with Crippen LogP contribution in [0.4, 0.5) is 17.1 Å². The van der Waals surface area contributed by atoms with Gasteiger partial charge in [-0.15, -0.1) is 0 Å². The molecule has 0 aliphatic carbocycles. The number of hydrogen-bond donors (Lipinski definition) is 0. The third-order valence-corrected chi connectivity index (χ3v) is 10.9. The number of fused-ring (bicyclic) bond motifs is 8. The molecule has 0 amide bonds. The molecule has 11 rings (SSSR count). The van der Waals surface area contributed by atoms with Crippen LogP contribution in [-0.2, 0) is 0 Å². The SMILES string of the molecule is c1ccc(-c2cc3c4cccc(-c5ccc(N(c6ccccc6)c6ccc(-c7ccc8c(c7)oc7ccccc78)cc6)cc5)c4oc3c3ccccc23)cc1. The standard InChI is InChI=1S/C52H33NO2/c1-3-12-35(13-4-1)47-33-48-46-20-11-19-41(51(46)55-52(48)45-18-8-7-16-42(45)47)36-24-29-40(30-25-36)53(38-14-5-2-6-15-38)39-27-22-34(23-28-39)37-26-31-44-43-17-9-10-21-49(43)54-50(44)32-37/h1-33H. The molecule has 2 aromatic heterocycles. The van der Waals surface area contributed by atoms with Crippen LogP contribution in [0.15, 0.2) is 209 Å². The Kier molecular flexibility index (Phi) is 7.17. The maximum Gasteiger partial charge on any atom is 0.143 e. The van der Waals surface area contributed by atoms with E-state index >= 15 is 0 Å². The summed E-state index contributed by atoms with van der Waals surface area (Å²) in [5, 5.41) is 6.83. The minimum atomic E-state index is 0.900. The van der Waals surface area contributed by atoms with Crippen molar-refractivity contribution < 1.29 is 8.83 Å². The lowest BCUT2D eigenvalue weighted by molar-refractivity contribution is 0.669. The van der Waals surface area contributed by atoms with Crippen molar-refractivity contribution in [2.24, 2.45) is 0 Å². The van der Waals surface area contributed by atoms with Crippen molar-refractivity contribution >= 4 is 71.7 Å². The average Bonchev–Trinajstić information content (AvgIpc) is 3.83. The van der Waals surface area contributed by atoms with Crippen LogP contribution in [0, 0.1) is 0 Å². The predicted molar refractivity (Wildman–Crippen MR) is 229 cm³/mol. The van der Waals surface area contributed by atoms with Gasteiger partial charge in [-0.3, -0.25) is 0 Å². The second-order valence-electron chi connectivity index (χ2n) is 14.1. The van der Waals surface area contributed by atoms with Gasteiger partial charge in [-0.2, -0.15) is 0 Å². The Balaban J connectivity index is 0.973. The van der Waals surface area contributed by atoms with Crippen molar-refractivity contribution in [3.8, 4) is 33.4 Å². The van der Waals surface area contributed by atoms with Crippen molar-refractivity contribution in [2.75, 3.05) is 4.90 Å². The van der Waals surface area contributed by atoms with Gasteiger partial charge in [-0.1, -0.05) is 140 Å². The molecule has 0 saturated heterocycles. The first-order valence-corrected chi connectivity index (χ1v) is 18.7. The van der Waals surface area contributed by atoms with Crippen molar-refractivity contribution in [1.82, 2.24) is 0 Å². The van der Waals surface area contributed by atoms with Crippen molar-refractivity contribution in [2.45, 2.75) is 0 Å². The van der Waals surface area contributed by atoms with E-state index in [1.54, 1.807) is 0 Å². The van der Waals surface area contributed by atoms with E-state index in [1.165, 1.54) is 16.5 Å². The molecule has 0 N–H and O–H groups in total. The molecule has 0 radical (unpaired) electrons. The normalized spacial score (nSPS) is 11.6. The largest absolute Gasteiger partial charge is 0.456 e. The van der Waals surface area contributed by atoms with E-state index in [-0.39, 0.29) is 0 Å². The predicted octanol–water partition coefficient (Wildman–Crippen LogP) is 15.1. The molecule has 0 fully saturated rings. The summed E-state index contributed by atoms with van der Waals surface area (Å²) in [6.45, 7) is 0. The average molecular weight is 704 g/mol. The Morgan fingerprint density at radius 3 is 1.58 bits per heavy atom. The quantitative estimate of drug-likeness (QED) is 0.173. The molecule has 0 saturated carbocycles. The summed E-state index contributed by atoms with van der Waals surface area (Å²) in [6.07, 6.45) is 0. The smallest absolute Gasteiger partial charge is 0.143 e. The Labute approximate surface area is 317 Å². The highest BCUT2D eigenvalue weighted by atomic mass is 16.3. The van der Waals surface area contributed by atoms with Gasteiger partial charge >= 0.3 is 0 Å². The van der Waals surface area contributed by atoms with Gasteiger partial charge in [0.15, 0.2) is 0 Å². The van der Waals surface area contributed by atoms with Gasteiger partial charge in [0, 0.05) is 49.6 Å². The Morgan fingerprint density at radius 2 is 0.818 bits per heavy atom. The van der Waals surface area contributed by atoms with E-state index in [4.69, 9.17) is 8.83 Å². The van der Waals surface area contributed by atoms with Crippen molar-refractivity contribution in [3.63, 3.8) is 0 Å². The Morgan fingerprint density at radius 1 is 0.273 bits per heavy atom. The second-order valence-corrected chi connectivity index (χ2v) is 14.1. The number of rotatable bonds is 6. The van der Waals surface area contributed by atoms with Crippen molar-refractivity contribution in [3.05, 3.63) is 200 Å². The van der Waals surface area contributed by atoms with Gasteiger partial charge in [0.2, 0.25) is 0 Å². The molecule has 0 aliphatic rings. The summed E-state index contributed by atoms with van der Waals surface area (Å²) in [7, 11) is 0. The number of furan rings is 2. The molecule has 11 aromatic rings. The monoisotopic (exact) mass is 703 g/mol. The van der Waals surface area contributed by atoms with Crippen LogP contribution < -0.4 is 4.90 Å². The number of benzene rings is 9. The Bertz CT molecular complexity index is 3180. The first-order chi connectivity index (χ1) is 27.3. The van der Waals surface area contributed by atoms with E-state index in [0.717, 1.165) is 88.6 Å². The topological polar surface area (TPSA) is 29.5 Å². The molecule has 2 heterocycles. The summed E-state index contributed by atoms with van der Waals surface area (Å²) < 4.78 is 13.0. The van der Waals surface area contributed by atoms with Gasteiger partial charge in [-0.05, 0) is 93.9 Å². The molecule has 0 atom stereocenters. The molecule has 9 aromatic carbocycles. The maximum atomic E-state index is 6.83. The first kappa shape index (κ1) is 31.2. The van der Waals surface area contributed by atoms with Crippen molar-refractivity contribution in [1.29, 1.82) is 0 Å². The number of hydrogen-bond acceptors (Lipinski definition) is 3. The molecule has 258 valence electrons. The lowest BCUT2D eigenvalue weighted by Crippen LogP contribution is -2.09. The lowest BCUT2D eigenvalue weighted by Gasteiger charge is -2.26. The molecule has 55 heavy (non-hydrogen) atoms. The van der Waals surface area contributed by atoms with E-state index in [9.17, 15) is 0 Å². The highest BCUT2D eigenvalue weighted by molar-refractivity contribution is 6.20. The zero-order valence-corrected chi connectivity index (χ0v) is 29.8. The zero-order chi connectivity index (χ0) is 36.3. The number of para-hydroxylation sites is 3. The first-order valence-electron chi connectivity index (χ1n) is 18.7. The van der Waals surface area contributed by atoms with Gasteiger partial charge in [0.05, 0.1) is 0 Å². The van der Waals surface area contributed by atoms with Crippen LogP contribution >= 0.6 is 0 Å². The van der Waals surface area contributed by atoms with E-state index in [2.05, 4.69) is 193 Å². The minimum Gasteiger partial charge on any atom is -0.456 e. The molecule has 3 heteroatoms. The summed E-state index contributed by atoms with van der Waals surface area (Å²) in [4.78, 5) is 2.30. The molecule has 0 bridgehead atoms. The van der Waals surface area contributed by atoms with Crippen LogP contribution in [0.5, 0.6) is 0 Å². The zero-order valence-electron chi connectivity index (χ0n) is 29.8. The summed E-state index contributed by atoms with van der Waals surface area (Å²) in [5.74, 6) is 0. The third-order valence-electron chi connectivity index (χ3n) is 10.9. The summed E-state index contributed by atoms with van der Waals surface area (Å²) in [6, 6.07) is 70.8. The van der Waals surface area contributed by atoms with Crippen LogP contribution in [0.2, 0.25) is 0 Å². The van der Waals surface area contributed by atoms with Crippen LogP contribution in [-0.4, -0.2) is 0 Å². The molecule has 3 nitrogen and oxygen atoms in total. The van der Waals surface area contributed by atoms with Gasteiger partial charge in [0.1, 0.15) is 22.3 Å². The fourth-order valence-electron chi connectivity index (χ4n) is 8.23. The molecule has 0 aliphatic heterocycles. The highest BCUT2D eigenvalue weighted by Crippen LogP contribution is 2.43. The fraction of sp³-hybridized carbons (Fsp3) is 0. The van der Waals surface area contributed by atoms with E-state index in [1.807, 2.05) is 12.1 Å². The third kappa shape index (κ3) is 5.20. The highest BCUT2D eigenvalue weighted by Gasteiger charge is 2.19. The van der Waals surface area contributed by atoms with Gasteiger partial charge in [0.25, 0.3) is 0 Å². The van der Waals surface area contributed by atoms with Crippen LogP contribution in [0.1, 0.15) is 0 Å². The Hall–Kier alpha value is -7.36. The van der Waals surface area contributed by atoms with E-state index < -0.39 is 0 Å².